The van der Waals surface area contributed by atoms with Gasteiger partial charge in [-0.15, -0.1) is 0 Å². The van der Waals surface area contributed by atoms with E-state index in [-0.39, 0.29) is 17.4 Å². The molecule has 6 heteroatoms. The van der Waals surface area contributed by atoms with Crippen molar-refractivity contribution in [1.82, 2.24) is 14.1 Å². The number of para-hydroxylation sites is 1. The van der Waals surface area contributed by atoms with E-state index >= 15 is 0 Å². The highest BCUT2D eigenvalue weighted by Gasteiger charge is 2.20. The fraction of sp³-hybridized carbons (Fsp3) is 0.231. The van der Waals surface area contributed by atoms with Crippen molar-refractivity contribution in [1.29, 1.82) is 0 Å². The second kappa shape index (κ2) is 5.07. The SMILES string of the molecule is CCNC(c1cnsn1)c1cc2cccc(F)c2o1. The molecule has 0 radical (unpaired) electrons. The molecular formula is C13H12FN3OS. The smallest absolute Gasteiger partial charge is 0.169 e. The predicted molar refractivity (Wildman–Crippen MR) is 71.6 cm³/mol. The van der Waals surface area contributed by atoms with Crippen molar-refractivity contribution in [3.05, 3.63) is 47.7 Å². The summed E-state index contributed by atoms with van der Waals surface area (Å²) in [5.41, 5.74) is 1.06. The Kier molecular flexibility index (Phi) is 3.27. The van der Waals surface area contributed by atoms with E-state index in [1.807, 2.05) is 19.1 Å². The third kappa shape index (κ3) is 2.24. The summed E-state index contributed by atoms with van der Waals surface area (Å²) in [4.78, 5) is 0. The van der Waals surface area contributed by atoms with Crippen molar-refractivity contribution in [2.75, 3.05) is 6.54 Å². The first-order valence-electron chi connectivity index (χ1n) is 5.98. The second-order valence-electron chi connectivity index (χ2n) is 4.13. The number of benzene rings is 1. The van der Waals surface area contributed by atoms with E-state index in [1.54, 1.807) is 12.3 Å². The highest BCUT2D eigenvalue weighted by atomic mass is 32.1. The molecule has 0 fully saturated rings. The van der Waals surface area contributed by atoms with Gasteiger partial charge in [0.1, 0.15) is 11.8 Å². The lowest BCUT2D eigenvalue weighted by atomic mass is 10.1. The van der Waals surface area contributed by atoms with Gasteiger partial charge >= 0.3 is 0 Å². The van der Waals surface area contributed by atoms with E-state index in [9.17, 15) is 4.39 Å². The molecule has 0 aliphatic heterocycles. The fourth-order valence-electron chi connectivity index (χ4n) is 2.04. The lowest BCUT2D eigenvalue weighted by Gasteiger charge is -2.11. The predicted octanol–water partition coefficient (Wildman–Crippen LogP) is 3.12. The second-order valence-corrected chi connectivity index (χ2v) is 4.69. The standard InChI is InChI=1S/C13H12FN3OS/c1-2-15-12(10-7-16-19-17-10)11-6-8-4-3-5-9(14)13(8)18-11/h3-7,12,15H,2H2,1H3. The number of furan rings is 1. The van der Waals surface area contributed by atoms with Crippen molar-refractivity contribution in [3.8, 4) is 0 Å². The van der Waals surface area contributed by atoms with Crippen molar-refractivity contribution < 1.29 is 8.81 Å². The van der Waals surface area contributed by atoms with Crippen LogP contribution in [0.15, 0.2) is 34.9 Å². The Morgan fingerprint density at radius 2 is 2.37 bits per heavy atom. The zero-order valence-corrected chi connectivity index (χ0v) is 11.1. The van der Waals surface area contributed by atoms with Crippen LogP contribution < -0.4 is 5.32 Å². The lowest BCUT2D eigenvalue weighted by molar-refractivity contribution is 0.461. The largest absolute Gasteiger partial charge is 0.456 e. The number of hydrogen-bond donors (Lipinski definition) is 1. The van der Waals surface area contributed by atoms with Crippen LogP contribution in [0, 0.1) is 5.82 Å². The molecule has 98 valence electrons. The summed E-state index contributed by atoms with van der Waals surface area (Å²) < 4.78 is 27.5. The Hall–Kier alpha value is -1.79. The van der Waals surface area contributed by atoms with Gasteiger partial charge in [-0.2, -0.15) is 8.75 Å². The van der Waals surface area contributed by atoms with Crippen LogP contribution in [-0.4, -0.2) is 15.3 Å². The molecule has 3 aromatic rings. The summed E-state index contributed by atoms with van der Waals surface area (Å²) in [5, 5.41) is 4.02. The van der Waals surface area contributed by atoms with Crippen LogP contribution in [0.25, 0.3) is 11.0 Å². The van der Waals surface area contributed by atoms with E-state index in [4.69, 9.17) is 4.42 Å². The van der Waals surface area contributed by atoms with Gasteiger partial charge in [0.15, 0.2) is 11.4 Å². The first-order valence-corrected chi connectivity index (χ1v) is 6.71. The number of hydrogen-bond acceptors (Lipinski definition) is 5. The quantitative estimate of drug-likeness (QED) is 0.796. The fourth-order valence-corrected chi connectivity index (χ4v) is 2.49. The van der Waals surface area contributed by atoms with Gasteiger partial charge in [0.05, 0.1) is 23.6 Å². The lowest BCUT2D eigenvalue weighted by Crippen LogP contribution is -2.21. The molecule has 1 unspecified atom stereocenters. The Morgan fingerprint density at radius 3 is 3.05 bits per heavy atom. The maximum atomic E-state index is 13.7. The average Bonchev–Trinajstić information content (AvgIpc) is 3.05. The number of fused-ring (bicyclic) bond motifs is 1. The van der Waals surface area contributed by atoms with Crippen LogP contribution in [0.4, 0.5) is 4.39 Å². The Labute approximate surface area is 113 Å². The number of aromatic nitrogens is 2. The third-order valence-electron chi connectivity index (χ3n) is 2.88. The van der Waals surface area contributed by atoms with Crippen LogP contribution in [0.2, 0.25) is 0 Å². The zero-order valence-electron chi connectivity index (χ0n) is 10.3. The molecule has 0 amide bonds. The summed E-state index contributed by atoms with van der Waals surface area (Å²) in [6.45, 7) is 2.75. The molecule has 19 heavy (non-hydrogen) atoms. The normalized spacial score (nSPS) is 12.9. The van der Waals surface area contributed by atoms with Crippen LogP contribution in [0.3, 0.4) is 0 Å². The zero-order chi connectivity index (χ0) is 13.2. The molecule has 1 aromatic carbocycles. The van der Waals surface area contributed by atoms with Gasteiger partial charge in [0, 0.05) is 5.39 Å². The first kappa shape index (κ1) is 12.3. The summed E-state index contributed by atoms with van der Waals surface area (Å²) in [7, 11) is 0. The Balaban J connectivity index is 2.08. The van der Waals surface area contributed by atoms with Crippen LogP contribution >= 0.6 is 11.7 Å². The van der Waals surface area contributed by atoms with E-state index in [0.717, 1.165) is 29.4 Å². The van der Waals surface area contributed by atoms with Gasteiger partial charge in [-0.05, 0) is 18.7 Å². The highest BCUT2D eigenvalue weighted by Crippen LogP contribution is 2.28. The molecule has 2 aromatic heterocycles. The van der Waals surface area contributed by atoms with Gasteiger partial charge in [-0.1, -0.05) is 19.1 Å². The van der Waals surface area contributed by atoms with E-state index in [2.05, 4.69) is 14.1 Å². The monoisotopic (exact) mass is 277 g/mol. The van der Waals surface area contributed by atoms with Gasteiger partial charge in [0.25, 0.3) is 0 Å². The van der Waals surface area contributed by atoms with Crippen LogP contribution in [0.1, 0.15) is 24.4 Å². The topological polar surface area (TPSA) is 51.0 Å². The molecule has 0 saturated heterocycles. The molecule has 2 heterocycles. The van der Waals surface area contributed by atoms with Gasteiger partial charge < -0.3 is 9.73 Å². The van der Waals surface area contributed by atoms with E-state index in [1.165, 1.54) is 6.07 Å². The summed E-state index contributed by atoms with van der Waals surface area (Å²) in [5.74, 6) is 0.296. The maximum absolute atomic E-state index is 13.7. The summed E-state index contributed by atoms with van der Waals surface area (Å²) in [6.07, 6.45) is 1.70. The van der Waals surface area contributed by atoms with Crippen molar-refractivity contribution in [2.24, 2.45) is 0 Å². The highest BCUT2D eigenvalue weighted by molar-refractivity contribution is 6.99. The summed E-state index contributed by atoms with van der Waals surface area (Å²) >= 11 is 1.14. The van der Waals surface area contributed by atoms with E-state index in [0.29, 0.717) is 5.76 Å². The Morgan fingerprint density at radius 1 is 1.47 bits per heavy atom. The molecule has 0 saturated carbocycles. The molecule has 0 aliphatic rings. The number of nitrogens with zero attached hydrogens (tertiary/aromatic N) is 2. The summed E-state index contributed by atoms with van der Waals surface area (Å²) in [6, 6.07) is 6.53. The molecule has 0 bridgehead atoms. The van der Waals surface area contributed by atoms with Gasteiger partial charge in [-0.3, -0.25) is 0 Å². The molecule has 0 aliphatic carbocycles. The minimum atomic E-state index is -0.351. The van der Waals surface area contributed by atoms with Crippen molar-refractivity contribution >= 4 is 22.7 Å². The maximum Gasteiger partial charge on any atom is 0.169 e. The number of nitrogens with one attached hydrogen (secondary N) is 1. The molecule has 1 N–H and O–H groups in total. The van der Waals surface area contributed by atoms with Gasteiger partial charge in [0.2, 0.25) is 0 Å². The first-order chi connectivity index (χ1) is 9.29. The number of rotatable bonds is 4. The van der Waals surface area contributed by atoms with E-state index < -0.39 is 0 Å². The minimum absolute atomic E-state index is 0.199. The molecule has 4 nitrogen and oxygen atoms in total. The van der Waals surface area contributed by atoms with Gasteiger partial charge in [-0.25, -0.2) is 4.39 Å². The molecular weight excluding hydrogens is 265 g/mol. The third-order valence-corrected chi connectivity index (χ3v) is 3.37. The number of halogens is 1. The van der Waals surface area contributed by atoms with Crippen molar-refractivity contribution in [2.45, 2.75) is 13.0 Å². The Bertz CT molecular complexity index is 680. The van der Waals surface area contributed by atoms with Crippen LogP contribution in [0.5, 0.6) is 0 Å². The minimum Gasteiger partial charge on any atom is -0.456 e. The molecule has 1 atom stereocenters. The van der Waals surface area contributed by atoms with Crippen LogP contribution in [-0.2, 0) is 0 Å². The molecule has 3 rings (SSSR count). The van der Waals surface area contributed by atoms with Crippen molar-refractivity contribution in [3.63, 3.8) is 0 Å². The average molecular weight is 277 g/mol. The molecule has 0 spiro atoms.